The van der Waals surface area contributed by atoms with Gasteiger partial charge in [0.1, 0.15) is 12.3 Å². The van der Waals surface area contributed by atoms with Gasteiger partial charge in [0.2, 0.25) is 11.9 Å². The van der Waals surface area contributed by atoms with Crippen molar-refractivity contribution in [3.63, 3.8) is 0 Å². The average Bonchev–Trinajstić information content (AvgIpc) is 3.15. The summed E-state index contributed by atoms with van der Waals surface area (Å²) in [5.74, 6) is 0.276. The topological polar surface area (TPSA) is 151 Å². The van der Waals surface area contributed by atoms with Crippen molar-refractivity contribution in [3.05, 3.63) is 40.7 Å². The predicted octanol–water partition coefficient (Wildman–Crippen LogP) is 0.0861. The van der Waals surface area contributed by atoms with Crippen LogP contribution in [-0.4, -0.2) is 48.5 Å². The van der Waals surface area contributed by atoms with Gasteiger partial charge in [-0.1, -0.05) is 18.2 Å². The van der Waals surface area contributed by atoms with E-state index in [4.69, 9.17) is 10.5 Å². The van der Waals surface area contributed by atoms with Gasteiger partial charge in [-0.15, -0.1) is 0 Å². The van der Waals surface area contributed by atoms with Crippen molar-refractivity contribution in [3.8, 4) is 0 Å². The van der Waals surface area contributed by atoms with E-state index in [1.807, 2.05) is 30.3 Å². The molecule has 0 radical (unpaired) electrons. The fourth-order valence-electron chi connectivity index (χ4n) is 3.05. The zero-order valence-electron chi connectivity index (χ0n) is 13.7. The van der Waals surface area contributed by atoms with Crippen molar-refractivity contribution in [2.45, 2.75) is 24.9 Å². The lowest BCUT2D eigenvalue weighted by molar-refractivity contribution is -0.0425. The third kappa shape index (κ3) is 2.79. The highest BCUT2D eigenvalue weighted by atomic mass is 16.5. The summed E-state index contributed by atoms with van der Waals surface area (Å²) in [6.45, 7) is -0.318. The summed E-state index contributed by atoms with van der Waals surface area (Å²) >= 11 is 0. The maximum absolute atomic E-state index is 12.2. The smallest absolute Gasteiger partial charge is 0.280 e. The molecule has 1 aliphatic rings. The minimum Gasteiger partial charge on any atom is -0.394 e. The molecule has 0 saturated carbocycles. The summed E-state index contributed by atoms with van der Waals surface area (Å²) < 4.78 is 7.30. The third-order valence-corrected chi connectivity index (χ3v) is 4.27. The van der Waals surface area contributed by atoms with Gasteiger partial charge in [0.15, 0.2) is 11.2 Å². The number of benzene rings is 1. The van der Waals surface area contributed by atoms with Crippen LogP contribution < -0.4 is 16.6 Å². The minimum absolute atomic E-state index is 0.0489. The highest BCUT2D eigenvalue weighted by Crippen LogP contribution is 2.34. The molecule has 0 bridgehead atoms. The van der Waals surface area contributed by atoms with Gasteiger partial charge in [0.05, 0.1) is 12.7 Å². The highest BCUT2D eigenvalue weighted by molar-refractivity contribution is 5.76. The first kappa shape index (κ1) is 16.5. The molecule has 4 rings (SSSR count). The number of aliphatic hydroxyl groups excluding tert-OH is 2. The molecule has 1 fully saturated rings. The molecule has 0 unspecified atom stereocenters. The maximum Gasteiger partial charge on any atom is 0.280 e. The lowest BCUT2D eigenvalue weighted by Crippen LogP contribution is -2.24. The summed E-state index contributed by atoms with van der Waals surface area (Å²) in [5, 5.41) is 22.5. The minimum atomic E-state index is -0.841. The molecule has 26 heavy (non-hydrogen) atoms. The Morgan fingerprint density at radius 2 is 2.12 bits per heavy atom. The number of anilines is 3. The van der Waals surface area contributed by atoms with Crippen LogP contribution in [0.5, 0.6) is 0 Å². The van der Waals surface area contributed by atoms with Crippen LogP contribution in [0.4, 0.5) is 17.6 Å². The molecule has 1 aliphatic heterocycles. The maximum atomic E-state index is 12.2. The number of aromatic amines is 1. The Kier molecular flexibility index (Phi) is 4.07. The fourth-order valence-corrected chi connectivity index (χ4v) is 3.05. The molecule has 1 saturated heterocycles. The summed E-state index contributed by atoms with van der Waals surface area (Å²) in [7, 11) is 0. The van der Waals surface area contributed by atoms with Crippen molar-refractivity contribution in [1.29, 1.82) is 0 Å². The molecule has 10 heteroatoms. The first-order valence-corrected chi connectivity index (χ1v) is 8.11. The molecule has 0 spiro atoms. The van der Waals surface area contributed by atoms with E-state index >= 15 is 0 Å². The van der Waals surface area contributed by atoms with Crippen molar-refractivity contribution in [2.75, 3.05) is 17.7 Å². The number of nitrogens with zero attached hydrogens (tertiary/aromatic N) is 3. The Labute approximate surface area is 147 Å². The second kappa shape index (κ2) is 6.41. The number of aliphatic hydroxyl groups is 2. The van der Waals surface area contributed by atoms with Crippen LogP contribution >= 0.6 is 0 Å². The van der Waals surface area contributed by atoms with E-state index in [9.17, 15) is 15.0 Å². The van der Waals surface area contributed by atoms with Gasteiger partial charge in [-0.3, -0.25) is 14.3 Å². The second-order valence-corrected chi connectivity index (χ2v) is 6.03. The van der Waals surface area contributed by atoms with Gasteiger partial charge in [0.25, 0.3) is 5.56 Å². The number of para-hydroxylation sites is 1. The number of H-pyrrole nitrogens is 1. The number of nitrogen functional groups attached to an aromatic ring is 1. The van der Waals surface area contributed by atoms with Crippen LogP contribution in [0.25, 0.3) is 11.2 Å². The molecule has 0 aliphatic carbocycles. The fraction of sp³-hybridized carbons (Fsp3) is 0.312. The molecule has 10 nitrogen and oxygen atoms in total. The van der Waals surface area contributed by atoms with Gasteiger partial charge < -0.3 is 26.0 Å². The summed E-state index contributed by atoms with van der Waals surface area (Å²) in [4.78, 5) is 23.1. The highest BCUT2D eigenvalue weighted by Gasteiger charge is 2.37. The first-order valence-electron chi connectivity index (χ1n) is 8.11. The van der Waals surface area contributed by atoms with Gasteiger partial charge in [-0.05, 0) is 12.1 Å². The number of ether oxygens (including phenoxy) is 1. The molecule has 3 atom stereocenters. The Balaban J connectivity index is 1.85. The van der Waals surface area contributed by atoms with E-state index in [2.05, 4.69) is 20.3 Å². The van der Waals surface area contributed by atoms with Crippen LogP contribution in [0.3, 0.4) is 0 Å². The Morgan fingerprint density at radius 1 is 1.35 bits per heavy atom. The Bertz CT molecular complexity index is 986. The van der Waals surface area contributed by atoms with E-state index in [1.54, 1.807) is 4.57 Å². The van der Waals surface area contributed by atoms with Gasteiger partial charge >= 0.3 is 0 Å². The van der Waals surface area contributed by atoms with Crippen LogP contribution in [-0.2, 0) is 4.74 Å². The van der Waals surface area contributed by atoms with E-state index in [-0.39, 0.29) is 30.1 Å². The number of fused-ring (bicyclic) bond motifs is 1. The number of nitrogens with two attached hydrogens (primary N) is 1. The number of aromatic nitrogens is 4. The summed E-state index contributed by atoms with van der Waals surface area (Å²) in [5.41, 5.74) is 6.30. The Morgan fingerprint density at radius 3 is 2.81 bits per heavy atom. The largest absolute Gasteiger partial charge is 0.394 e. The number of nitrogens with one attached hydrogen (secondary N) is 2. The van der Waals surface area contributed by atoms with E-state index in [0.717, 1.165) is 5.69 Å². The van der Waals surface area contributed by atoms with Crippen molar-refractivity contribution >= 4 is 28.7 Å². The zero-order valence-corrected chi connectivity index (χ0v) is 13.7. The zero-order chi connectivity index (χ0) is 18.3. The van der Waals surface area contributed by atoms with Gasteiger partial charge in [0, 0.05) is 12.1 Å². The van der Waals surface area contributed by atoms with Crippen molar-refractivity contribution in [1.82, 2.24) is 19.5 Å². The SMILES string of the molecule is Nc1nc2c(nc(Nc3ccccc3)n2[C@H]2C[C@H](O)[C@@H](CO)O2)c(=O)[nH]1. The molecular weight excluding hydrogens is 340 g/mol. The summed E-state index contributed by atoms with van der Waals surface area (Å²) in [6, 6.07) is 9.28. The second-order valence-electron chi connectivity index (χ2n) is 6.03. The van der Waals surface area contributed by atoms with E-state index in [0.29, 0.717) is 5.95 Å². The monoisotopic (exact) mass is 358 g/mol. The molecule has 3 aromatic rings. The molecule has 1 aromatic carbocycles. The molecule has 3 heterocycles. The van der Waals surface area contributed by atoms with Crippen molar-refractivity contribution < 1.29 is 14.9 Å². The standard InChI is InChI=1S/C16H18N6O4/c17-15-20-13-12(14(25)21-15)19-16(18-8-4-2-1-3-5-8)22(13)11-6-9(24)10(7-23)26-11/h1-5,9-11,23-24H,6-7H2,(H,18,19)(H3,17,20,21,25)/t9-,10+,11+/m0/s1. The van der Waals surface area contributed by atoms with E-state index < -0.39 is 24.0 Å². The van der Waals surface area contributed by atoms with E-state index in [1.165, 1.54) is 0 Å². The van der Waals surface area contributed by atoms with Crippen LogP contribution in [0.15, 0.2) is 35.1 Å². The summed E-state index contributed by atoms with van der Waals surface area (Å²) in [6.07, 6.45) is -2.01. The quantitative estimate of drug-likeness (QED) is 0.440. The van der Waals surface area contributed by atoms with Crippen LogP contribution in [0.1, 0.15) is 12.6 Å². The van der Waals surface area contributed by atoms with Gasteiger partial charge in [-0.25, -0.2) is 4.98 Å². The number of hydrogen-bond donors (Lipinski definition) is 5. The van der Waals surface area contributed by atoms with Crippen LogP contribution in [0, 0.1) is 0 Å². The predicted molar refractivity (Wildman–Crippen MR) is 93.9 cm³/mol. The normalized spacial score (nSPS) is 22.8. The molecule has 136 valence electrons. The molecule has 6 N–H and O–H groups in total. The third-order valence-electron chi connectivity index (χ3n) is 4.27. The average molecular weight is 358 g/mol. The number of hydrogen-bond acceptors (Lipinski definition) is 8. The lowest BCUT2D eigenvalue weighted by Gasteiger charge is -2.17. The molecule has 0 amide bonds. The van der Waals surface area contributed by atoms with Crippen LogP contribution in [0.2, 0.25) is 0 Å². The number of imidazole rings is 1. The molecular formula is C16H18N6O4. The van der Waals surface area contributed by atoms with Crippen molar-refractivity contribution in [2.24, 2.45) is 0 Å². The Hall–Kier alpha value is -2.95. The first-order chi connectivity index (χ1) is 12.6. The number of rotatable bonds is 4. The lowest BCUT2D eigenvalue weighted by atomic mass is 10.2. The van der Waals surface area contributed by atoms with Gasteiger partial charge in [-0.2, -0.15) is 4.98 Å². The molecule has 2 aromatic heterocycles.